The van der Waals surface area contributed by atoms with Gasteiger partial charge < -0.3 is 19.4 Å². The van der Waals surface area contributed by atoms with Gasteiger partial charge in [-0.05, 0) is 35.9 Å². The van der Waals surface area contributed by atoms with Crippen LogP contribution in [0.2, 0.25) is 5.02 Å². The lowest BCUT2D eigenvalue weighted by Crippen LogP contribution is -2.49. The number of morpholine rings is 1. The van der Waals surface area contributed by atoms with Crippen molar-refractivity contribution in [2.45, 2.75) is 6.42 Å². The number of amides is 1. The van der Waals surface area contributed by atoms with E-state index < -0.39 is 0 Å². The number of hydrogen-bond donors (Lipinski definition) is 0. The Labute approximate surface area is 171 Å². The molecule has 0 radical (unpaired) electrons. The molecule has 0 aliphatic carbocycles. The maximum atomic E-state index is 12.7. The zero-order valence-electron chi connectivity index (χ0n) is 16.0. The maximum absolute atomic E-state index is 12.7. The number of carbonyl (C=O) groups excluding carboxylic acids is 1. The molecule has 2 aliphatic heterocycles. The molecule has 0 saturated carbocycles. The van der Waals surface area contributed by atoms with E-state index in [1.54, 1.807) is 0 Å². The minimum Gasteiger partial charge on any atom is -0.378 e. The Morgan fingerprint density at radius 2 is 1.54 bits per heavy atom. The molecule has 2 aromatic rings. The van der Waals surface area contributed by atoms with Crippen LogP contribution in [0, 0.1) is 0 Å². The van der Waals surface area contributed by atoms with Gasteiger partial charge in [0.2, 0.25) is 5.91 Å². The number of carbonyl (C=O) groups is 1. The third-order valence-corrected chi connectivity index (χ3v) is 5.71. The van der Waals surface area contributed by atoms with Crippen molar-refractivity contribution < 1.29 is 9.53 Å². The van der Waals surface area contributed by atoms with E-state index in [2.05, 4.69) is 40.1 Å². The molecule has 28 heavy (non-hydrogen) atoms. The number of anilines is 2. The molecular weight excluding hydrogens is 374 g/mol. The first-order chi connectivity index (χ1) is 13.7. The van der Waals surface area contributed by atoms with Crippen molar-refractivity contribution in [1.29, 1.82) is 0 Å². The number of benzene rings is 2. The van der Waals surface area contributed by atoms with Crippen molar-refractivity contribution in [3.05, 3.63) is 59.1 Å². The second-order valence-corrected chi connectivity index (χ2v) is 7.73. The SMILES string of the molecule is O=C(Cc1ccc(N2CCOCC2)cc1)N1CCN(c2cccc(Cl)c2)CC1. The predicted octanol–water partition coefficient (Wildman–Crippen LogP) is 3.07. The third-order valence-electron chi connectivity index (χ3n) is 5.47. The van der Waals surface area contributed by atoms with E-state index in [-0.39, 0.29) is 5.91 Å². The number of piperazine rings is 1. The van der Waals surface area contributed by atoms with Gasteiger partial charge in [0.1, 0.15) is 0 Å². The van der Waals surface area contributed by atoms with Crippen molar-refractivity contribution in [3.63, 3.8) is 0 Å². The van der Waals surface area contributed by atoms with Gasteiger partial charge >= 0.3 is 0 Å². The number of ether oxygens (including phenoxy) is 1. The van der Waals surface area contributed by atoms with E-state index in [0.717, 1.165) is 68.8 Å². The lowest BCUT2D eigenvalue weighted by molar-refractivity contribution is -0.130. The highest BCUT2D eigenvalue weighted by Crippen LogP contribution is 2.21. The lowest BCUT2D eigenvalue weighted by atomic mass is 10.1. The summed E-state index contributed by atoms with van der Waals surface area (Å²) < 4.78 is 5.40. The van der Waals surface area contributed by atoms with Crippen LogP contribution in [0.3, 0.4) is 0 Å². The number of nitrogens with zero attached hydrogens (tertiary/aromatic N) is 3. The molecule has 2 fully saturated rings. The Kier molecular flexibility index (Phi) is 6.03. The van der Waals surface area contributed by atoms with Gasteiger partial charge in [-0.3, -0.25) is 4.79 Å². The highest BCUT2D eigenvalue weighted by atomic mass is 35.5. The van der Waals surface area contributed by atoms with E-state index in [4.69, 9.17) is 16.3 Å². The lowest BCUT2D eigenvalue weighted by Gasteiger charge is -2.36. The third kappa shape index (κ3) is 4.59. The molecule has 2 heterocycles. The molecule has 1 amide bonds. The number of hydrogen-bond acceptors (Lipinski definition) is 4. The van der Waals surface area contributed by atoms with Crippen LogP contribution in [0.5, 0.6) is 0 Å². The Morgan fingerprint density at radius 1 is 0.857 bits per heavy atom. The molecule has 0 bridgehead atoms. The Balaban J connectivity index is 1.29. The van der Waals surface area contributed by atoms with Gasteiger partial charge in [0, 0.05) is 55.7 Å². The molecule has 4 rings (SSSR count). The van der Waals surface area contributed by atoms with Crippen LogP contribution in [0.15, 0.2) is 48.5 Å². The zero-order chi connectivity index (χ0) is 19.3. The summed E-state index contributed by atoms with van der Waals surface area (Å²) >= 11 is 6.09. The van der Waals surface area contributed by atoms with Crippen LogP contribution in [0.25, 0.3) is 0 Å². The zero-order valence-corrected chi connectivity index (χ0v) is 16.8. The summed E-state index contributed by atoms with van der Waals surface area (Å²) in [5.74, 6) is 0.199. The summed E-state index contributed by atoms with van der Waals surface area (Å²) in [6, 6.07) is 16.3. The summed E-state index contributed by atoms with van der Waals surface area (Å²) in [6.45, 7) is 6.58. The first-order valence-corrected chi connectivity index (χ1v) is 10.3. The van der Waals surface area contributed by atoms with Gasteiger partial charge in [0.05, 0.1) is 19.6 Å². The predicted molar refractivity (Wildman–Crippen MR) is 113 cm³/mol. The quantitative estimate of drug-likeness (QED) is 0.791. The molecule has 0 aromatic heterocycles. The first-order valence-electron chi connectivity index (χ1n) is 9.89. The van der Waals surface area contributed by atoms with E-state index in [1.165, 1.54) is 5.69 Å². The van der Waals surface area contributed by atoms with E-state index in [0.29, 0.717) is 6.42 Å². The van der Waals surface area contributed by atoms with E-state index >= 15 is 0 Å². The van der Waals surface area contributed by atoms with E-state index in [1.807, 2.05) is 23.1 Å². The maximum Gasteiger partial charge on any atom is 0.227 e. The van der Waals surface area contributed by atoms with Crippen LogP contribution >= 0.6 is 11.6 Å². The summed E-state index contributed by atoms with van der Waals surface area (Å²) in [5, 5.41) is 0.747. The second-order valence-electron chi connectivity index (χ2n) is 7.29. The molecule has 2 saturated heterocycles. The topological polar surface area (TPSA) is 36.0 Å². The highest BCUT2D eigenvalue weighted by molar-refractivity contribution is 6.30. The van der Waals surface area contributed by atoms with Crippen LogP contribution in [0.4, 0.5) is 11.4 Å². The molecular formula is C22H26ClN3O2. The van der Waals surface area contributed by atoms with Crippen LogP contribution in [0.1, 0.15) is 5.56 Å². The fraction of sp³-hybridized carbons (Fsp3) is 0.409. The van der Waals surface area contributed by atoms with E-state index in [9.17, 15) is 4.79 Å². The number of rotatable bonds is 4. The Morgan fingerprint density at radius 3 is 2.21 bits per heavy atom. The Hall–Kier alpha value is -2.24. The molecule has 6 heteroatoms. The molecule has 2 aliphatic rings. The monoisotopic (exact) mass is 399 g/mol. The Bertz CT molecular complexity index is 798. The van der Waals surface area contributed by atoms with Crippen molar-refractivity contribution in [2.24, 2.45) is 0 Å². The van der Waals surface area contributed by atoms with Crippen molar-refractivity contribution in [2.75, 3.05) is 62.3 Å². The summed E-state index contributed by atoms with van der Waals surface area (Å²) in [4.78, 5) is 19.3. The summed E-state index contributed by atoms with van der Waals surface area (Å²) in [5.41, 5.74) is 3.40. The average Bonchev–Trinajstić information content (AvgIpc) is 2.75. The molecule has 0 N–H and O–H groups in total. The standard InChI is InChI=1S/C22H26ClN3O2/c23-19-2-1-3-21(17-19)24-8-10-26(11-9-24)22(27)16-18-4-6-20(7-5-18)25-12-14-28-15-13-25/h1-7,17H,8-16H2. The van der Waals surface area contributed by atoms with Gasteiger partial charge in [-0.15, -0.1) is 0 Å². The molecule has 0 unspecified atom stereocenters. The van der Waals surface area contributed by atoms with Crippen molar-refractivity contribution in [3.8, 4) is 0 Å². The first kappa shape index (κ1) is 19.1. The average molecular weight is 400 g/mol. The highest BCUT2D eigenvalue weighted by Gasteiger charge is 2.21. The summed E-state index contributed by atoms with van der Waals surface area (Å²) in [6.07, 6.45) is 0.459. The molecule has 5 nitrogen and oxygen atoms in total. The van der Waals surface area contributed by atoms with Crippen LogP contribution in [-0.4, -0.2) is 63.3 Å². The number of halogens is 1. The molecule has 0 spiro atoms. The molecule has 2 aromatic carbocycles. The summed E-state index contributed by atoms with van der Waals surface area (Å²) in [7, 11) is 0. The molecule has 0 atom stereocenters. The fourth-order valence-corrected chi connectivity index (χ4v) is 4.00. The van der Waals surface area contributed by atoms with Gasteiger partial charge in [-0.2, -0.15) is 0 Å². The van der Waals surface area contributed by atoms with Crippen molar-refractivity contribution in [1.82, 2.24) is 4.90 Å². The second kappa shape index (κ2) is 8.84. The van der Waals surface area contributed by atoms with Crippen molar-refractivity contribution >= 4 is 28.9 Å². The largest absolute Gasteiger partial charge is 0.378 e. The van der Waals surface area contributed by atoms with Gasteiger partial charge in [0.15, 0.2) is 0 Å². The minimum atomic E-state index is 0.199. The van der Waals surface area contributed by atoms with Crippen LogP contribution in [-0.2, 0) is 16.0 Å². The van der Waals surface area contributed by atoms with Crippen LogP contribution < -0.4 is 9.80 Å². The normalized spacial score (nSPS) is 17.7. The molecule has 148 valence electrons. The van der Waals surface area contributed by atoms with Gasteiger partial charge in [-0.1, -0.05) is 29.8 Å². The fourth-order valence-electron chi connectivity index (χ4n) is 3.82. The van der Waals surface area contributed by atoms with Gasteiger partial charge in [0.25, 0.3) is 0 Å². The smallest absolute Gasteiger partial charge is 0.227 e. The van der Waals surface area contributed by atoms with Gasteiger partial charge in [-0.25, -0.2) is 0 Å². The minimum absolute atomic E-state index is 0.199.